The van der Waals surface area contributed by atoms with Gasteiger partial charge in [-0.25, -0.2) is 9.07 Å². The topological polar surface area (TPSA) is 124 Å². The Morgan fingerprint density at radius 1 is 1.23 bits per heavy atom. The number of rotatable bonds is 7. The summed E-state index contributed by atoms with van der Waals surface area (Å²) in [6, 6.07) is 14.8. The Morgan fingerprint density at radius 3 is 2.81 bits per heavy atom. The zero-order valence-electron chi connectivity index (χ0n) is 16.4. The van der Waals surface area contributed by atoms with Gasteiger partial charge in [0.05, 0.1) is 18.6 Å². The predicted octanol–water partition coefficient (Wildman–Crippen LogP) is 2.93. The maximum atomic E-state index is 13.1. The number of carbonyl (C=O) groups is 1. The molecule has 0 unspecified atom stereocenters. The lowest BCUT2D eigenvalue weighted by atomic mass is 10.1. The minimum atomic E-state index is -0.321. The first-order chi connectivity index (χ1) is 15.0. The summed E-state index contributed by atoms with van der Waals surface area (Å²) >= 11 is 1.15. The van der Waals surface area contributed by atoms with E-state index >= 15 is 0 Å². The molecular weight excluding hydrogens is 421 g/mol. The zero-order chi connectivity index (χ0) is 21.8. The number of methoxy groups -OCH3 is 1. The number of nitrogens with zero attached hydrogens (tertiary/aromatic N) is 4. The number of aromatic nitrogens is 5. The fourth-order valence-electron chi connectivity index (χ4n) is 2.79. The van der Waals surface area contributed by atoms with Crippen LogP contribution < -0.4 is 15.9 Å². The molecule has 0 atom stereocenters. The van der Waals surface area contributed by atoms with Crippen LogP contribution in [0.25, 0.3) is 22.8 Å². The summed E-state index contributed by atoms with van der Waals surface area (Å²) in [4.78, 5) is 12.2. The van der Waals surface area contributed by atoms with E-state index in [-0.39, 0.29) is 17.5 Å². The van der Waals surface area contributed by atoms with Crippen molar-refractivity contribution < 1.29 is 13.9 Å². The Kier molecular flexibility index (Phi) is 5.85. The molecule has 2 aromatic carbocycles. The van der Waals surface area contributed by atoms with E-state index in [2.05, 4.69) is 25.7 Å². The minimum Gasteiger partial charge on any atom is -0.497 e. The van der Waals surface area contributed by atoms with Gasteiger partial charge < -0.3 is 15.9 Å². The first-order valence-electron chi connectivity index (χ1n) is 9.12. The van der Waals surface area contributed by atoms with Crippen LogP contribution >= 0.6 is 11.8 Å². The second kappa shape index (κ2) is 8.88. The van der Waals surface area contributed by atoms with Crippen LogP contribution in [-0.4, -0.2) is 43.8 Å². The van der Waals surface area contributed by atoms with Gasteiger partial charge in [-0.3, -0.25) is 9.89 Å². The number of H-pyrrole nitrogens is 1. The Morgan fingerprint density at radius 2 is 2.03 bits per heavy atom. The van der Waals surface area contributed by atoms with Gasteiger partial charge in [0.15, 0.2) is 0 Å². The predicted molar refractivity (Wildman–Crippen MR) is 115 cm³/mol. The van der Waals surface area contributed by atoms with Crippen molar-refractivity contribution in [1.29, 1.82) is 0 Å². The van der Waals surface area contributed by atoms with Crippen LogP contribution in [0, 0.1) is 5.82 Å². The average Bonchev–Trinajstić information content (AvgIpc) is 3.40. The molecule has 2 heterocycles. The molecule has 2 aromatic heterocycles. The van der Waals surface area contributed by atoms with Crippen LogP contribution in [0.15, 0.2) is 59.8 Å². The van der Waals surface area contributed by atoms with Crippen molar-refractivity contribution in [3.8, 4) is 28.5 Å². The van der Waals surface area contributed by atoms with Crippen molar-refractivity contribution in [3.05, 3.63) is 60.4 Å². The number of aromatic amines is 1. The number of benzene rings is 2. The Bertz CT molecular complexity index is 1210. The van der Waals surface area contributed by atoms with Crippen LogP contribution in [0.2, 0.25) is 0 Å². The number of nitrogen functional groups attached to an aromatic ring is 1. The van der Waals surface area contributed by atoms with E-state index in [9.17, 15) is 9.18 Å². The Labute approximate surface area is 180 Å². The maximum Gasteiger partial charge on any atom is 0.234 e. The molecule has 0 radical (unpaired) electrons. The summed E-state index contributed by atoms with van der Waals surface area (Å²) in [7, 11) is 1.56. The minimum absolute atomic E-state index is 0.0936. The lowest BCUT2D eigenvalue weighted by molar-refractivity contribution is -0.113. The van der Waals surface area contributed by atoms with Crippen LogP contribution in [0.1, 0.15) is 0 Å². The molecule has 9 nitrogen and oxygen atoms in total. The summed E-state index contributed by atoms with van der Waals surface area (Å²) in [5.74, 6) is 6.67. The summed E-state index contributed by atoms with van der Waals surface area (Å²) in [5, 5.41) is 18.3. The van der Waals surface area contributed by atoms with Gasteiger partial charge in [0.25, 0.3) is 0 Å². The van der Waals surface area contributed by atoms with Gasteiger partial charge in [0.2, 0.25) is 16.9 Å². The second-order valence-corrected chi connectivity index (χ2v) is 7.36. The molecule has 0 spiro atoms. The first kappa shape index (κ1) is 20.4. The maximum absolute atomic E-state index is 13.1. The largest absolute Gasteiger partial charge is 0.497 e. The number of carbonyl (C=O) groups excluding carboxylic acids is 1. The molecule has 0 saturated carbocycles. The highest BCUT2D eigenvalue weighted by molar-refractivity contribution is 7.99. The number of nitrogens with one attached hydrogen (secondary N) is 2. The molecule has 0 aliphatic rings. The molecule has 0 aliphatic heterocycles. The summed E-state index contributed by atoms with van der Waals surface area (Å²) in [6.45, 7) is 0. The molecule has 11 heteroatoms. The third kappa shape index (κ3) is 4.67. The molecule has 4 N–H and O–H groups in total. The van der Waals surface area contributed by atoms with E-state index in [1.165, 1.54) is 16.8 Å². The first-order valence-corrected chi connectivity index (χ1v) is 10.1. The van der Waals surface area contributed by atoms with Gasteiger partial charge in [0, 0.05) is 17.3 Å². The standard InChI is InChI=1S/C20H18FN7O2S/c1-30-15-4-2-3-14(9-15)23-18(29)11-31-20-27-26-19(28(20)22)17-10-16(24-25-17)12-5-7-13(21)8-6-12/h2-10H,11,22H2,1H3,(H,23,29)(H,24,25). The smallest absolute Gasteiger partial charge is 0.234 e. The van der Waals surface area contributed by atoms with Crippen molar-refractivity contribution >= 4 is 23.4 Å². The number of halogens is 1. The van der Waals surface area contributed by atoms with Crippen LogP contribution in [0.3, 0.4) is 0 Å². The van der Waals surface area contributed by atoms with Crippen LogP contribution in [0.4, 0.5) is 10.1 Å². The number of thioether (sulfide) groups is 1. The van der Waals surface area contributed by atoms with Gasteiger partial charge in [-0.1, -0.05) is 17.8 Å². The third-order valence-corrected chi connectivity index (χ3v) is 5.25. The van der Waals surface area contributed by atoms with Crippen molar-refractivity contribution in [2.45, 2.75) is 5.16 Å². The highest BCUT2D eigenvalue weighted by Crippen LogP contribution is 2.25. The van der Waals surface area contributed by atoms with E-state index in [1.807, 2.05) is 0 Å². The monoisotopic (exact) mass is 439 g/mol. The molecule has 31 heavy (non-hydrogen) atoms. The Hall–Kier alpha value is -3.86. The number of anilines is 1. The lowest BCUT2D eigenvalue weighted by Gasteiger charge is -2.06. The molecule has 1 amide bonds. The second-order valence-electron chi connectivity index (χ2n) is 6.42. The van der Waals surface area contributed by atoms with Gasteiger partial charge in [-0.15, -0.1) is 10.2 Å². The van der Waals surface area contributed by atoms with Crippen molar-refractivity contribution in [1.82, 2.24) is 25.1 Å². The third-order valence-electron chi connectivity index (χ3n) is 4.31. The van der Waals surface area contributed by atoms with Gasteiger partial charge in [0.1, 0.15) is 17.3 Å². The summed E-state index contributed by atoms with van der Waals surface area (Å²) in [5.41, 5.74) is 2.54. The van der Waals surface area contributed by atoms with Gasteiger partial charge in [-0.2, -0.15) is 5.10 Å². The zero-order valence-corrected chi connectivity index (χ0v) is 17.2. The van der Waals surface area contributed by atoms with E-state index in [1.54, 1.807) is 49.6 Å². The molecular formula is C20H18FN7O2S. The molecule has 4 aromatic rings. The van der Waals surface area contributed by atoms with E-state index < -0.39 is 0 Å². The molecule has 0 aliphatic carbocycles. The van der Waals surface area contributed by atoms with E-state index in [0.717, 1.165) is 17.3 Å². The summed E-state index contributed by atoms with van der Waals surface area (Å²) < 4.78 is 19.5. The van der Waals surface area contributed by atoms with E-state index in [0.29, 0.717) is 33.8 Å². The quantitative estimate of drug-likeness (QED) is 0.299. The van der Waals surface area contributed by atoms with Crippen molar-refractivity contribution in [2.24, 2.45) is 0 Å². The summed E-state index contributed by atoms with van der Waals surface area (Å²) in [6.07, 6.45) is 0. The van der Waals surface area contributed by atoms with Gasteiger partial charge in [-0.05, 0) is 42.5 Å². The molecule has 158 valence electrons. The average molecular weight is 439 g/mol. The normalized spacial score (nSPS) is 10.8. The fourth-order valence-corrected chi connectivity index (χ4v) is 3.45. The lowest BCUT2D eigenvalue weighted by Crippen LogP contribution is -2.16. The van der Waals surface area contributed by atoms with Crippen LogP contribution in [0.5, 0.6) is 5.75 Å². The fraction of sp³-hybridized carbons (Fsp3) is 0.100. The number of nitrogens with two attached hydrogens (primary N) is 1. The van der Waals surface area contributed by atoms with Crippen molar-refractivity contribution in [2.75, 3.05) is 24.0 Å². The number of hydrogen-bond donors (Lipinski definition) is 3. The molecule has 0 fully saturated rings. The molecule has 0 bridgehead atoms. The highest BCUT2D eigenvalue weighted by atomic mass is 32.2. The number of hydrogen-bond acceptors (Lipinski definition) is 7. The highest BCUT2D eigenvalue weighted by Gasteiger charge is 2.16. The SMILES string of the molecule is COc1cccc(NC(=O)CSc2nnc(-c3cc(-c4ccc(F)cc4)n[nH]3)n2N)c1. The van der Waals surface area contributed by atoms with Crippen LogP contribution in [-0.2, 0) is 4.79 Å². The molecule has 4 rings (SSSR count). The van der Waals surface area contributed by atoms with Gasteiger partial charge >= 0.3 is 0 Å². The number of ether oxygens (including phenoxy) is 1. The Balaban J connectivity index is 1.41. The van der Waals surface area contributed by atoms with Crippen molar-refractivity contribution in [3.63, 3.8) is 0 Å². The molecule has 0 saturated heterocycles. The number of amides is 1. The van der Waals surface area contributed by atoms with E-state index in [4.69, 9.17) is 10.6 Å².